The number of carbonyl (C=O) groups excluding carboxylic acids is 1. The second kappa shape index (κ2) is 9.03. The highest BCUT2D eigenvalue weighted by atomic mass is 32.2. The summed E-state index contributed by atoms with van der Waals surface area (Å²) < 4.78 is 40.2. The molecule has 1 amide bonds. The fraction of sp³-hybridized carbons (Fsp3) is 0.409. The van der Waals surface area contributed by atoms with Crippen LogP contribution in [-0.4, -0.2) is 23.1 Å². The number of carbonyl (C=O) groups is 1. The molecule has 0 N–H and O–H groups in total. The Bertz CT molecular complexity index is 804. The molecule has 2 aromatic carbocycles. The minimum atomic E-state index is -4.44. The van der Waals surface area contributed by atoms with Crippen molar-refractivity contribution in [3.8, 4) is 0 Å². The van der Waals surface area contributed by atoms with Crippen molar-refractivity contribution in [1.29, 1.82) is 0 Å². The van der Waals surface area contributed by atoms with E-state index in [9.17, 15) is 18.0 Å². The van der Waals surface area contributed by atoms with Crippen molar-refractivity contribution in [1.82, 2.24) is 4.90 Å². The molecule has 0 spiro atoms. The summed E-state index contributed by atoms with van der Waals surface area (Å²) in [7, 11) is 0. The summed E-state index contributed by atoms with van der Waals surface area (Å²) >= 11 is 1.38. The molecule has 6 heteroatoms. The summed E-state index contributed by atoms with van der Waals surface area (Å²) in [5.41, 5.74) is 1.19. The first-order valence-corrected chi connectivity index (χ1v) is 10.6. The Morgan fingerprint density at radius 3 is 2.50 bits per heavy atom. The third kappa shape index (κ3) is 4.72. The molecule has 0 saturated carbocycles. The topological polar surface area (TPSA) is 20.3 Å². The number of hydrogen-bond donors (Lipinski definition) is 0. The lowest BCUT2D eigenvalue weighted by atomic mass is 10.0. The van der Waals surface area contributed by atoms with Gasteiger partial charge >= 0.3 is 6.18 Å². The number of unbranched alkanes of at least 4 members (excludes halogenated alkanes) is 2. The molecule has 1 aliphatic heterocycles. The van der Waals surface area contributed by atoms with Crippen molar-refractivity contribution in [2.75, 3.05) is 12.3 Å². The number of rotatable bonds is 6. The third-order valence-electron chi connectivity index (χ3n) is 4.95. The molecule has 1 atom stereocenters. The van der Waals surface area contributed by atoms with E-state index in [4.69, 9.17) is 0 Å². The Morgan fingerprint density at radius 2 is 1.82 bits per heavy atom. The smallest absolute Gasteiger partial charge is 0.322 e. The summed E-state index contributed by atoms with van der Waals surface area (Å²) in [6, 6.07) is 13.0. The van der Waals surface area contributed by atoms with E-state index in [1.54, 1.807) is 23.1 Å². The number of halogens is 3. The first-order valence-electron chi connectivity index (χ1n) is 9.59. The van der Waals surface area contributed by atoms with E-state index in [2.05, 4.69) is 6.92 Å². The first-order chi connectivity index (χ1) is 13.4. The van der Waals surface area contributed by atoms with E-state index in [0.29, 0.717) is 17.9 Å². The van der Waals surface area contributed by atoms with E-state index in [1.165, 1.54) is 35.9 Å². The number of benzene rings is 2. The van der Waals surface area contributed by atoms with Crippen LogP contribution < -0.4 is 0 Å². The lowest BCUT2D eigenvalue weighted by molar-refractivity contribution is -0.138. The molecule has 2 aromatic rings. The van der Waals surface area contributed by atoms with E-state index >= 15 is 0 Å². The summed E-state index contributed by atoms with van der Waals surface area (Å²) in [6.45, 7) is 2.60. The van der Waals surface area contributed by atoms with Crippen LogP contribution in [0.15, 0.2) is 48.5 Å². The molecule has 0 unspecified atom stereocenters. The average molecular weight is 408 g/mol. The maximum Gasteiger partial charge on any atom is 0.416 e. The highest BCUT2D eigenvalue weighted by Gasteiger charge is 2.39. The predicted molar refractivity (Wildman–Crippen MR) is 107 cm³/mol. The molecule has 2 nitrogen and oxygen atoms in total. The number of thioether (sulfide) groups is 1. The first kappa shape index (κ1) is 20.8. The van der Waals surface area contributed by atoms with Crippen LogP contribution in [0.1, 0.15) is 58.6 Å². The molecule has 3 rings (SSSR count). The van der Waals surface area contributed by atoms with Crippen molar-refractivity contribution in [2.24, 2.45) is 0 Å². The van der Waals surface area contributed by atoms with E-state index in [-0.39, 0.29) is 11.5 Å². The second-order valence-corrected chi connectivity index (χ2v) is 8.15. The van der Waals surface area contributed by atoms with Crippen LogP contribution >= 0.6 is 11.8 Å². The fourth-order valence-corrected chi connectivity index (χ4v) is 4.76. The van der Waals surface area contributed by atoms with Crippen LogP contribution in [0.3, 0.4) is 0 Å². The highest BCUT2D eigenvalue weighted by molar-refractivity contribution is 7.99. The van der Waals surface area contributed by atoms with Gasteiger partial charge in [-0.2, -0.15) is 13.2 Å². The number of hydrogen-bond acceptors (Lipinski definition) is 2. The zero-order valence-electron chi connectivity index (χ0n) is 15.8. The molecule has 0 bridgehead atoms. The Hall–Kier alpha value is -1.95. The lowest BCUT2D eigenvalue weighted by Gasteiger charge is -2.26. The van der Waals surface area contributed by atoms with E-state index in [1.807, 2.05) is 12.1 Å². The van der Waals surface area contributed by atoms with Crippen molar-refractivity contribution in [3.05, 3.63) is 70.8 Å². The van der Waals surface area contributed by atoms with Gasteiger partial charge in [-0.15, -0.1) is 11.8 Å². The quantitative estimate of drug-likeness (QED) is 0.522. The second-order valence-electron chi connectivity index (χ2n) is 6.96. The van der Waals surface area contributed by atoms with Gasteiger partial charge in [0.15, 0.2) is 0 Å². The lowest BCUT2D eigenvalue weighted by Crippen LogP contribution is -2.31. The fourth-order valence-electron chi connectivity index (χ4n) is 3.47. The molecule has 1 heterocycles. The molecule has 0 aliphatic carbocycles. The van der Waals surface area contributed by atoms with Gasteiger partial charge in [0.1, 0.15) is 5.37 Å². The zero-order chi connectivity index (χ0) is 20.1. The molecule has 0 radical (unpaired) electrons. The maximum atomic E-state index is 13.4. The number of aryl methyl sites for hydroxylation is 1. The molecular formula is C22H24F3NOS. The normalized spacial score (nSPS) is 17.1. The van der Waals surface area contributed by atoms with Gasteiger partial charge in [0, 0.05) is 17.9 Å². The van der Waals surface area contributed by atoms with Crippen molar-refractivity contribution >= 4 is 17.7 Å². The summed E-state index contributed by atoms with van der Waals surface area (Å²) in [5, 5.41) is -0.616. The van der Waals surface area contributed by atoms with Crippen LogP contribution in [0.2, 0.25) is 0 Å². The molecule has 1 aliphatic rings. The van der Waals surface area contributed by atoms with E-state index in [0.717, 1.165) is 25.3 Å². The molecule has 150 valence electrons. The number of nitrogens with zero attached hydrogens (tertiary/aromatic N) is 1. The molecule has 0 aromatic heterocycles. The Balaban J connectivity index is 1.79. The van der Waals surface area contributed by atoms with Gasteiger partial charge in [-0.05, 0) is 42.2 Å². The Morgan fingerprint density at radius 1 is 1.11 bits per heavy atom. The van der Waals surface area contributed by atoms with Crippen LogP contribution in [0.5, 0.6) is 0 Å². The Labute approximate surface area is 168 Å². The van der Waals surface area contributed by atoms with Gasteiger partial charge < -0.3 is 4.90 Å². The zero-order valence-corrected chi connectivity index (χ0v) is 16.7. The molecule has 28 heavy (non-hydrogen) atoms. The van der Waals surface area contributed by atoms with Crippen molar-refractivity contribution in [3.63, 3.8) is 0 Å². The van der Waals surface area contributed by atoms with E-state index < -0.39 is 17.1 Å². The van der Waals surface area contributed by atoms with Crippen LogP contribution in [0.25, 0.3) is 0 Å². The standard InChI is InChI=1S/C22H24F3NOS/c1-2-3-4-7-16-10-12-17(13-11-16)20(27)26-14-15-28-21(26)18-8-5-6-9-19(18)22(23,24)25/h5-6,8-13,21H,2-4,7,14-15H2,1H3/t21-/m0/s1. The van der Waals surface area contributed by atoms with Gasteiger partial charge in [-0.25, -0.2) is 0 Å². The summed E-state index contributed by atoms with van der Waals surface area (Å²) in [6.07, 6.45) is -0.0170. The minimum absolute atomic E-state index is 0.155. The van der Waals surface area contributed by atoms with Crippen LogP contribution in [-0.2, 0) is 12.6 Å². The van der Waals surface area contributed by atoms with Gasteiger partial charge in [0.2, 0.25) is 0 Å². The average Bonchev–Trinajstić information content (AvgIpc) is 3.17. The summed E-state index contributed by atoms with van der Waals surface area (Å²) in [5.74, 6) is 0.407. The van der Waals surface area contributed by atoms with Gasteiger partial charge in [0.25, 0.3) is 5.91 Å². The molecular weight excluding hydrogens is 383 g/mol. The monoisotopic (exact) mass is 407 g/mol. The SMILES string of the molecule is CCCCCc1ccc(C(=O)N2CCS[C@H]2c2ccccc2C(F)(F)F)cc1. The van der Waals surface area contributed by atoms with Gasteiger partial charge in [-0.1, -0.05) is 50.1 Å². The van der Waals surface area contributed by atoms with Gasteiger partial charge in [0.05, 0.1) is 5.56 Å². The highest BCUT2D eigenvalue weighted by Crippen LogP contribution is 2.44. The summed E-state index contributed by atoms with van der Waals surface area (Å²) in [4.78, 5) is 14.6. The largest absolute Gasteiger partial charge is 0.416 e. The van der Waals surface area contributed by atoms with Crippen LogP contribution in [0, 0.1) is 0 Å². The molecule has 1 fully saturated rings. The minimum Gasteiger partial charge on any atom is -0.322 e. The Kier molecular flexibility index (Phi) is 6.70. The number of amides is 1. The van der Waals surface area contributed by atoms with Crippen LogP contribution in [0.4, 0.5) is 13.2 Å². The number of alkyl halides is 3. The van der Waals surface area contributed by atoms with Gasteiger partial charge in [-0.3, -0.25) is 4.79 Å². The van der Waals surface area contributed by atoms with Crippen molar-refractivity contribution < 1.29 is 18.0 Å². The molecule has 1 saturated heterocycles. The maximum absolute atomic E-state index is 13.4. The third-order valence-corrected chi connectivity index (χ3v) is 6.20. The predicted octanol–water partition coefficient (Wildman–Crippen LogP) is 6.33. The van der Waals surface area contributed by atoms with Crippen molar-refractivity contribution in [2.45, 2.75) is 44.2 Å².